The molecule has 216 valence electrons. The van der Waals surface area contributed by atoms with E-state index in [-0.39, 0.29) is 35.1 Å². The molecule has 6 atom stereocenters. The van der Waals surface area contributed by atoms with Crippen molar-refractivity contribution >= 4 is 28.5 Å². The van der Waals surface area contributed by atoms with Gasteiger partial charge in [-0.2, -0.15) is 0 Å². The molecule has 1 saturated heterocycles. The summed E-state index contributed by atoms with van der Waals surface area (Å²) in [6.07, 6.45) is 0.826. The van der Waals surface area contributed by atoms with E-state index in [1.54, 1.807) is 7.11 Å². The molecule has 0 radical (unpaired) electrons. The van der Waals surface area contributed by atoms with Gasteiger partial charge in [0.1, 0.15) is 18.0 Å². The zero-order valence-corrected chi connectivity index (χ0v) is 23.2. The SMILES string of the molecule is COC(=O)[C@H]1[C@H]2C[C@@H]3c4[nH]c5cc(OC)ccc5c4CCN3C[C@H]2C[C@@H](OC(=O)c2ccc([N+](=O)[O-])cc2)[C@@H]1OC. The number of rotatable bonds is 6. The van der Waals surface area contributed by atoms with Crippen molar-refractivity contribution in [3.05, 3.63) is 69.4 Å². The Morgan fingerprint density at radius 2 is 1.85 bits per heavy atom. The number of piperidine rings is 1. The molecule has 2 aromatic carbocycles. The van der Waals surface area contributed by atoms with Gasteiger partial charge in [0.25, 0.3) is 5.69 Å². The third-order valence-corrected chi connectivity index (χ3v) is 9.17. The highest BCUT2D eigenvalue weighted by Gasteiger charge is 2.54. The lowest BCUT2D eigenvalue weighted by molar-refractivity contribution is -0.384. The monoisotopic (exact) mass is 563 g/mol. The largest absolute Gasteiger partial charge is 0.497 e. The van der Waals surface area contributed by atoms with Crippen LogP contribution in [0.4, 0.5) is 5.69 Å². The molecule has 1 N–H and O–H groups in total. The van der Waals surface area contributed by atoms with Crippen LogP contribution >= 0.6 is 0 Å². The predicted octanol–water partition coefficient (Wildman–Crippen LogP) is 4.05. The normalized spacial score (nSPS) is 27.3. The summed E-state index contributed by atoms with van der Waals surface area (Å²) in [5.41, 5.74) is 3.62. The van der Waals surface area contributed by atoms with Crippen molar-refractivity contribution in [1.29, 1.82) is 0 Å². The zero-order valence-electron chi connectivity index (χ0n) is 23.2. The minimum Gasteiger partial charge on any atom is -0.497 e. The molecule has 41 heavy (non-hydrogen) atoms. The molecule has 2 fully saturated rings. The van der Waals surface area contributed by atoms with Crippen LogP contribution in [-0.2, 0) is 25.4 Å². The number of carbonyl (C=O) groups is 2. The first-order valence-corrected chi connectivity index (χ1v) is 13.8. The van der Waals surface area contributed by atoms with Crippen LogP contribution in [0.15, 0.2) is 42.5 Å². The molecule has 3 aromatic rings. The van der Waals surface area contributed by atoms with E-state index >= 15 is 0 Å². The molecule has 1 aromatic heterocycles. The minimum atomic E-state index is -0.688. The molecular weight excluding hydrogens is 530 g/mol. The Balaban J connectivity index is 1.28. The van der Waals surface area contributed by atoms with Gasteiger partial charge in [0, 0.05) is 55.0 Å². The number of H-pyrrole nitrogens is 1. The Labute approximate surface area is 236 Å². The molecule has 6 rings (SSSR count). The van der Waals surface area contributed by atoms with E-state index in [1.165, 1.54) is 55.1 Å². The van der Waals surface area contributed by atoms with Gasteiger partial charge < -0.3 is 23.9 Å². The summed E-state index contributed by atoms with van der Waals surface area (Å²) in [6, 6.07) is 11.5. The molecule has 0 amide bonds. The number of aromatic nitrogens is 1. The average molecular weight is 564 g/mol. The number of fused-ring (bicyclic) bond motifs is 6. The van der Waals surface area contributed by atoms with Gasteiger partial charge in [-0.1, -0.05) is 0 Å². The smallest absolute Gasteiger partial charge is 0.338 e. The van der Waals surface area contributed by atoms with Crippen molar-refractivity contribution < 1.29 is 33.5 Å². The maximum atomic E-state index is 13.3. The third-order valence-electron chi connectivity index (χ3n) is 9.17. The number of esters is 2. The van der Waals surface area contributed by atoms with Gasteiger partial charge in [-0.15, -0.1) is 0 Å². The fourth-order valence-electron chi connectivity index (χ4n) is 7.28. The second-order valence-electron chi connectivity index (χ2n) is 11.1. The van der Waals surface area contributed by atoms with Crippen LogP contribution in [-0.4, -0.2) is 73.4 Å². The van der Waals surface area contributed by atoms with Crippen molar-refractivity contribution in [1.82, 2.24) is 9.88 Å². The molecule has 0 unspecified atom stereocenters. The number of nitrogens with zero attached hydrogens (tertiary/aromatic N) is 2. The Hall–Kier alpha value is -3.96. The van der Waals surface area contributed by atoms with E-state index in [2.05, 4.69) is 16.0 Å². The van der Waals surface area contributed by atoms with Gasteiger partial charge in [0.2, 0.25) is 0 Å². The summed E-state index contributed by atoms with van der Waals surface area (Å²) in [5.74, 6) is -0.757. The van der Waals surface area contributed by atoms with Gasteiger partial charge in [0.05, 0.1) is 36.7 Å². The van der Waals surface area contributed by atoms with E-state index in [0.29, 0.717) is 6.42 Å². The van der Waals surface area contributed by atoms with Crippen LogP contribution in [0.3, 0.4) is 0 Å². The lowest BCUT2D eigenvalue weighted by atomic mass is 9.63. The average Bonchev–Trinajstić information content (AvgIpc) is 3.37. The first-order chi connectivity index (χ1) is 19.8. The molecule has 0 spiro atoms. The van der Waals surface area contributed by atoms with E-state index < -0.39 is 29.0 Å². The quantitative estimate of drug-likeness (QED) is 0.268. The molecule has 11 nitrogen and oxygen atoms in total. The Kier molecular flexibility index (Phi) is 7.16. The maximum Gasteiger partial charge on any atom is 0.338 e. The number of methoxy groups -OCH3 is 3. The van der Waals surface area contributed by atoms with E-state index in [1.807, 2.05) is 12.1 Å². The van der Waals surface area contributed by atoms with E-state index in [0.717, 1.165) is 37.2 Å². The zero-order chi connectivity index (χ0) is 28.8. The van der Waals surface area contributed by atoms with Gasteiger partial charge in [0.15, 0.2) is 0 Å². The minimum absolute atomic E-state index is 0.0325. The van der Waals surface area contributed by atoms with Gasteiger partial charge in [-0.25, -0.2) is 4.79 Å². The molecular formula is C30H33N3O8. The summed E-state index contributed by atoms with van der Waals surface area (Å²) in [7, 11) is 4.55. The van der Waals surface area contributed by atoms with Crippen LogP contribution in [0.1, 0.15) is 40.5 Å². The van der Waals surface area contributed by atoms with Crippen molar-refractivity contribution in [3.63, 3.8) is 0 Å². The predicted molar refractivity (Wildman–Crippen MR) is 148 cm³/mol. The Morgan fingerprint density at radius 3 is 2.54 bits per heavy atom. The second kappa shape index (κ2) is 10.8. The first-order valence-electron chi connectivity index (χ1n) is 13.8. The molecule has 11 heteroatoms. The van der Waals surface area contributed by atoms with Crippen LogP contribution in [0.25, 0.3) is 10.9 Å². The summed E-state index contributed by atoms with van der Waals surface area (Å²) in [6.45, 7) is 1.65. The molecule has 1 saturated carbocycles. The summed E-state index contributed by atoms with van der Waals surface area (Å²) < 4.78 is 22.5. The maximum absolute atomic E-state index is 13.3. The van der Waals surface area contributed by atoms with Gasteiger partial charge >= 0.3 is 11.9 Å². The Morgan fingerprint density at radius 1 is 1.07 bits per heavy atom. The van der Waals surface area contributed by atoms with E-state index in [9.17, 15) is 19.7 Å². The highest BCUT2D eigenvalue weighted by Crippen LogP contribution is 2.50. The number of ether oxygens (including phenoxy) is 4. The fraction of sp³-hybridized carbons (Fsp3) is 0.467. The highest BCUT2D eigenvalue weighted by atomic mass is 16.6. The summed E-state index contributed by atoms with van der Waals surface area (Å²) >= 11 is 0. The van der Waals surface area contributed by atoms with Crippen molar-refractivity contribution in [3.8, 4) is 5.75 Å². The molecule has 3 aliphatic rings. The number of aromatic amines is 1. The van der Waals surface area contributed by atoms with Gasteiger partial charge in [-0.05, 0) is 60.9 Å². The second-order valence-corrected chi connectivity index (χ2v) is 11.1. The summed E-state index contributed by atoms with van der Waals surface area (Å²) in [4.78, 5) is 42.9. The van der Waals surface area contributed by atoms with Crippen LogP contribution < -0.4 is 4.74 Å². The van der Waals surface area contributed by atoms with E-state index in [4.69, 9.17) is 18.9 Å². The number of hydrogen-bond acceptors (Lipinski definition) is 9. The molecule has 2 aliphatic heterocycles. The van der Waals surface area contributed by atoms with Crippen LogP contribution in [0, 0.1) is 27.9 Å². The number of nitrogens with one attached hydrogen (secondary N) is 1. The standard InChI is InChI=1S/C30H33N3O8/c1-38-19-8-9-20-21-10-11-32-15-17-12-25(41-29(34)16-4-6-18(7-5-16)33(36)37)28(39-2)26(30(35)40-3)22(17)14-24(32)27(21)31-23(20)13-19/h4-9,13,17,22,24-26,28,31H,10-12,14-15H2,1-3H3/t17-,22+,24-,25-,26+,28+/m1/s1. The number of nitro benzene ring substituents is 1. The number of hydrogen-bond donors (Lipinski definition) is 1. The Bertz CT molecular complexity index is 1480. The number of non-ortho nitro benzene ring substituents is 1. The number of carbonyl (C=O) groups excluding carboxylic acids is 2. The number of benzene rings is 2. The molecule has 3 heterocycles. The molecule has 0 bridgehead atoms. The lowest BCUT2D eigenvalue weighted by Crippen LogP contribution is -2.58. The highest BCUT2D eigenvalue weighted by molar-refractivity contribution is 5.90. The number of nitro groups is 1. The van der Waals surface area contributed by atoms with Crippen molar-refractivity contribution in [2.45, 2.75) is 37.5 Å². The first kappa shape index (κ1) is 27.2. The lowest BCUT2D eigenvalue weighted by Gasteiger charge is -2.52. The van der Waals surface area contributed by atoms with Crippen molar-refractivity contribution in [2.24, 2.45) is 17.8 Å². The topological polar surface area (TPSA) is 133 Å². The summed E-state index contributed by atoms with van der Waals surface area (Å²) in [5, 5.41) is 12.2. The van der Waals surface area contributed by atoms with Crippen LogP contribution in [0.5, 0.6) is 5.75 Å². The van der Waals surface area contributed by atoms with Gasteiger partial charge in [-0.3, -0.25) is 19.8 Å². The van der Waals surface area contributed by atoms with Crippen LogP contribution in [0.2, 0.25) is 0 Å². The molecule has 1 aliphatic carbocycles. The van der Waals surface area contributed by atoms with Crippen molar-refractivity contribution in [2.75, 3.05) is 34.4 Å². The third kappa shape index (κ3) is 4.72. The fourth-order valence-corrected chi connectivity index (χ4v) is 7.28.